The van der Waals surface area contributed by atoms with Crippen molar-refractivity contribution < 1.29 is 49.6 Å². The topological polar surface area (TPSA) is 162 Å². The van der Waals surface area contributed by atoms with E-state index in [0.29, 0.717) is 19.3 Å². The van der Waals surface area contributed by atoms with E-state index in [1.54, 1.807) is 7.11 Å². The fourth-order valence-corrected chi connectivity index (χ4v) is 12.3. The second kappa shape index (κ2) is 12.0. The maximum Gasteiger partial charge on any atom is 0.186 e. The Labute approximate surface area is 280 Å². The van der Waals surface area contributed by atoms with Gasteiger partial charge in [0.1, 0.15) is 36.6 Å². The van der Waals surface area contributed by atoms with Crippen molar-refractivity contribution >= 4 is 0 Å². The zero-order valence-corrected chi connectivity index (χ0v) is 29.9. The normalized spacial score (nSPS) is 54.3. The molecule has 0 spiro atoms. The molecule has 270 valence electrons. The first kappa shape index (κ1) is 36.1. The highest BCUT2D eigenvalue weighted by molar-refractivity contribution is 5.25. The monoisotopic (exact) mass is 666 g/mol. The van der Waals surface area contributed by atoms with Crippen molar-refractivity contribution in [3.63, 3.8) is 0 Å². The third-order valence-electron chi connectivity index (χ3n) is 15.0. The standard InChI is InChI=1S/C37H62O10/c1-18(14-21(44-9)31-34(4,5)47-31)19-10-13-36(7)26(19)20(39)15-24-35(6)12-11-25(40)33(2,3)30(35)22(16-37(24,36)8)45-32-29(43)28(42)27(41)23(17-38)46-32/h14,19-32,38-43H,10-13,15-17H2,1-9H3/b18-14+. The van der Waals surface area contributed by atoms with E-state index >= 15 is 0 Å². The molecule has 6 N–H and O–H groups in total. The summed E-state index contributed by atoms with van der Waals surface area (Å²) in [6.07, 6.45) is -1.64. The van der Waals surface area contributed by atoms with Gasteiger partial charge in [0.05, 0.1) is 30.5 Å². The predicted octanol–water partition coefficient (Wildman–Crippen LogP) is 2.94. The molecule has 2 aliphatic heterocycles. The number of hydrogen-bond donors (Lipinski definition) is 6. The van der Waals surface area contributed by atoms with Crippen LogP contribution in [0.4, 0.5) is 0 Å². The van der Waals surface area contributed by atoms with Crippen LogP contribution >= 0.6 is 0 Å². The number of allylic oxidation sites excluding steroid dienone is 1. The van der Waals surface area contributed by atoms with Crippen molar-refractivity contribution in [2.24, 2.45) is 45.3 Å². The van der Waals surface area contributed by atoms with Gasteiger partial charge in [0, 0.05) is 7.11 Å². The number of epoxide rings is 1. The molecule has 10 heteroatoms. The van der Waals surface area contributed by atoms with Crippen LogP contribution < -0.4 is 0 Å². The molecule has 0 bridgehead atoms. The first-order chi connectivity index (χ1) is 21.8. The first-order valence-electron chi connectivity index (χ1n) is 18.0. The Kier molecular flexibility index (Phi) is 9.20. The minimum absolute atomic E-state index is 0.00831. The summed E-state index contributed by atoms with van der Waals surface area (Å²) in [5.74, 6) is 0.237. The van der Waals surface area contributed by atoms with Gasteiger partial charge >= 0.3 is 0 Å². The van der Waals surface area contributed by atoms with Gasteiger partial charge in [-0.3, -0.25) is 0 Å². The zero-order valence-electron chi connectivity index (χ0n) is 29.9. The molecule has 6 aliphatic rings. The molecule has 6 fully saturated rings. The summed E-state index contributed by atoms with van der Waals surface area (Å²) in [4.78, 5) is 0. The Bertz CT molecular complexity index is 1200. The van der Waals surface area contributed by atoms with E-state index in [0.717, 1.165) is 19.3 Å². The molecule has 0 aromatic heterocycles. The molecule has 2 heterocycles. The molecule has 47 heavy (non-hydrogen) atoms. The molecule has 4 saturated carbocycles. The molecule has 0 aromatic carbocycles. The van der Waals surface area contributed by atoms with E-state index in [4.69, 9.17) is 18.9 Å². The van der Waals surface area contributed by atoms with Crippen LogP contribution in [0.25, 0.3) is 0 Å². The quantitative estimate of drug-likeness (QED) is 0.135. The average molecular weight is 667 g/mol. The van der Waals surface area contributed by atoms with Gasteiger partial charge in [-0.25, -0.2) is 0 Å². The minimum Gasteiger partial charge on any atom is -0.394 e. The lowest BCUT2D eigenvalue weighted by atomic mass is 9.34. The second-order valence-electron chi connectivity index (χ2n) is 18.0. The minimum atomic E-state index is -1.53. The van der Waals surface area contributed by atoms with Crippen LogP contribution in [0.5, 0.6) is 0 Å². The van der Waals surface area contributed by atoms with Gasteiger partial charge in [-0.2, -0.15) is 0 Å². The van der Waals surface area contributed by atoms with Crippen LogP contribution in [0.3, 0.4) is 0 Å². The number of rotatable bonds is 7. The van der Waals surface area contributed by atoms with E-state index < -0.39 is 61.0 Å². The number of methoxy groups -OCH3 is 1. The summed E-state index contributed by atoms with van der Waals surface area (Å²) < 4.78 is 24.5. The fraction of sp³-hybridized carbons (Fsp3) is 0.946. The zero-order chi connectivity index (χ0) is 34.6. The third kappa shape index (κ3) is 5.34. The highest BCUT2D eigenvalue weighted by atomic mass is 16.7. The molecule has 0 aromatic rings. The largest absolute Gasteiger partial charge is 0.394 e. The molecular formula is C37H62O10. The highest BCUT2D eigenvalue weighted by Gasteiger charge is 2.73. The first-order valence-corrected chi connectivity index (χ1v) is 18.0. The van der Waals surface area contributed by atoms with Crippen LogP contribution in [0.2, 0.25) is 0 Å². The molecule has 4 aliphatic carbocycles. The van der Waals surface area contributed by atoms with Crippen LogP contribution in [0, 0.1) is 45.3 Å². The molecule has 6 rings (SSSR count). The van der Waals surface area contributed by atoms with Crippen molar-refractivity contribution in [3.05, 3.63) is 11.6 Å². The SMILES string of the molecule is COC(/C=C(\C)C1CCC2(C)C1C(O)CC1C3(C)CCC(O)C(C)(C)C3C(OC3OC(CO)C(O)C(O)C3O)CC12C)C1OC1(C)C. The van der Waals surface area contributed by atoms with E-state index in [1.807, 2.05) is 0 Å². The van der Waals surface area contributed by atoms with Gasteiger partial charge < -0.3 is 49.6 Å². The summed E-state index contributed by atoms with van der Waals surface area (Å²) in [6.45, 7) is 17.0. The molecule has 17 unspecified atom stereocenters. The Morgan fingerprint density at radius 2 is 1.57 bits per heavy atom. The smallest absolute Gasteiger partial charge is 0.186 e. The number of ether oxygens (including phenoxy) is 4. The highest BCUT2D eigenvalue weighted by Crippen LogP contribution is 2.76. The number of aliphatic hydroxyl groups excluding tert-OH is 6. The summed E-state index contributed by atoms with van der Waals surface area (Å²) in [5, 5.41) is 65.6. The molecule has 2 saturated heterocycles. The third-order valence-corrected chi connectivity index (χ3v) is 15.0. The van der Waals surface area contributed by atoms with Gasteiger partial charge in [0.15, 0.2) is 6.29 Å². The number of hydrogen-bond acceptors (Lipinski definition) is 10. The van der Waals surface area contributed by atoms with E-state index in [2.05, 4.69) is 61.5 Å². The van der Waals surface area contributed by atoms with Gasteiger partial charge in [0.2, 0.25) is 0 Å². The van der Waals surface area contributed by atoms with Crippen LogP contribution in [0.15, 0.2) is 11.6 Å². The van der Waals surface area contributed by atoms with Crippen LogP contribution in [-0.4, -0.2) is 111 Å². The van der Waals surface area contributed by atoms with Gasteiger partial charge in [-0.1, -0.05) is 46.3 Å². The molecular weight excluding hydrogens is 604 g/mol. The fourth-order valence-electron chi connectivity index (χ4n) is 12.3. The Hall–Kier alpha value is -0.660. The maximum atomic E-state index is 12.2. The molecule has 17 atom stereocenters. The van der Waals surface area contributed by atoms with E-state index in [1.165, 1.54) is 5.57 Å². The lowest BCUT2D eigenvalue weighted by Crippen LogP contribution is -2.70. The van der Waals surface area contributed by atoms with E-state index in [9.17, 15) is 30.6 Å². The Balaban J connectivity index is 1.37. The summed E-state index contributed by atoms with van der Waals surface area (Å²) in [7, 11) is 1.73. The second-order valence-corrected chi connectivity index (χ2v) is 18.0. The Morgan fingerprint density at radius 1 is 0.915 bits per heavy atom. The number of aliphatic hydroxyl groups is 6. The predicted molar refractivity (Wildman–Crippen MR) is 174 cm³/mol. The lowest BCUT2D eigenvalue weighted by Gasteiger charge is -2.72. The van der Waals surface area contributed by atoms with Crippen molar-refractivity contribution in [2.75, 3.05) is 13.7 Å². The summed E-state index contributed by atoms with van der Waals surface area (Å²) in [5.41, 5.74) is -0.328. The van der Waals surface area contributed by atoms with Crippen molar-refractivity contribution in [1.82, 2.24) is 0 Å². The Morgan fingerprint density at radius 3 is 2.17 bits per heavy atom. The maximum absolute atomic E-state index is 12.2. The van der Waals surface area contributed by atoms with Crippen molar-refractivity contribution in [1.29, 1.82) is 0 Å². The molecule has 0 amide bonds. The number of fused-ring (bicyclic) bond motifs is 5. The van der Waals surface area contributed by atoms with Crippen LogP contribution in [-0.2, 0) is 18.9 Å². The van der Waals surface area contributed by atoms with Crippen molar-refractivity contribution in [3.8, 4) is 0 Å². The molecule has 10 nitrogen and oxygen atoms in total. The van der Waals surface area contributed by atoms with Crippen LogP contribution in [0.1, 0.15) is 93.9 Å². The van der Waals surface area contributed by atoms with Crippen molar-refractivity contribution in [2.45, 2.75) is 161 Å². The average Bonchev–Trinajstić information content (AvgIpc) is 3.46. The lowest BCUT2D eigenvalue weighted by molar-refractivity contribution is -0.346. The summed E-state index contributed by atoms with van der Waals surface area (Å²) >= 11 is 0. The van der Waals surface area contributed by atoms with Gasteiger partial charge in [-0.15, -0.1) is 0 Å². The van der Waals surface area contributed by atoms with Gasteiger partial charge in [0.25, 0.3) is 0 Å². The molecule has 0 radical (unpaired) electrons. The van der Waals surface area contributed by atoms with Gasteiger partial charge in [-0.05, 0) is 105 Å². The summed E-state index contributed by atoms with van der Waals surface area (Å²) in [6, 6.07) is 0. The van der Waals surface area contributed by atoms with E-state index in [-0.39, 0.29) is 57.7 Å².